The van der Waals surface area contributed by atoms with Gasteiger partial charge < -0.3 is 15.2 Å². The van der Waals surface area contributed by atoms with Gasteiger partial charge in [0.25, 0.3) is 0 Å². The maximum Gasteiger partial charge on any atom is 0.573 e. The number of aliphatic hydroxyl groups is 1. The molecule has 2 aromatic heterocycles. The minimum absolute atomic E-state index is 0.257. The summed E-state index contributed by atoms with van der Waals surface area (Å²) in [5.41, 5.74) is 2.38. The molecule has 0 bridgehead atoms. The number of hydrogen-bond acceptors (Lipinski definition) is 5. The number of aliphatic hydroxyl groups excluding tert-OH is 1. The molecule has 0 radical (unpaired) electrons. The van der Waals surface area contributed by atoms with Gasteiger partial charge in [-0.15, -0.1) is 18.3 Å². The molecule has 136 valence electrons. The van der Waals surface area contributed by atoms with E-state index >= 15 is 0 Å². The lowest BCUT2D eigenvalue weighted by molar-refractivity contribution is -0.274. The highest BCUT2D eigenvalue weighted by Gasteiger charge is 2.31. The Labute approximate surface area is 146 Å². The molecule has 0 spiro atoms. The minimum atomic E-state index is -4.76. The first-order chi connectivity index (χ1) is 12.3. The molecule has 9 heteroatoms. The van der Waals surface area contributed by atoms with Crippen LogP contribution < -0.4 is 10.1 Å². The molecule has 0 aliphatic rings. The highest BCUT2D eigenvalue weighted by atomic mass is 19.4. The Morgan fingerprint density at radius 3 is 2.69 bits per heavy atom. The van der Waals surface area contributed by atoms with Gasteiger partial charge in [0.15, 0.2) is 5.82 Å². The molecule has 3 rings (SSSR count). The van der Waals surface area contributed by atoms with Crippen LogP contribution in [0.5, 0.6) is 5.75 Å². The SMILES string of the molecule is Cc1cc(-n2nc(Nc3cccc(OC(F)(F)F)c3)cc2CO)ccn1. The Balaban J connectivity index is 1.86. The van der Waals surface area contributed by atoms with Crippen molar-refractivity contribution in [3.63, 3.8) is 0 Å². The fraction of sp³-hybridized carbons (Fsp3) is 0.176. The summed E-state index contributed by atoms with van der Waals surface area (Å²) in [7, 11) is 0. The number of halogens is 3. The van der Waals surface area contributed by atoms with E-state index in [2.05, 4.69) is 20.1 Å². The quantitative estimate of drug-likeness (QED) is 0.722. The number of pyridine rings is 1. The Bertz CT molecular complexity index is 909. The third-order valence-corrected chi connectivity index (χ3v) is 3.41. The Morgan fingerprint density at radius 2 is 2.00 bits per heavy atom. The molecule has 26 heavy (non-hydrogen) atoms. The molecule has 3 aromatic rings. The highest BCUT2D eigenvalue weighted by molar-refractivity contribution is 5.59. The van der Waals surface area contributed by atoms with Crippen LogP contribution in [0.1, 0.15) is 11.4 Å². The number of alkyl halides is 3. The summed E-state index contributed by atoms with van der Waals surface area (Å²) in [6.07, 6.45) is -3.14. The van der Waals surface area contributed by atoms with Crippen molar-refractivity contribution in [2.24, 2.45) is 0 Å². The third kappa shape index (κ3) is 4.31. The molecule has 0 atom stereocenters. The third-order valence-electron chi connectivity index (χ3n) is 3.41. The fourth-order valence-electron chi connectivity index (χ4n) is 2.40. The summed E-state index contributed by atoms with van der Waals surface area (Å²) in [4.78, 5) is 4.11. The highest BCUT2D eigenvalue weighted by Crippen LogP contribution is 2.27. The Morgan fingerprint density at radius 1 is 1.19 bits per heavy atom. The van der Waals surface area contributed by atoms with E-state index in [1.807, 2.05) is 6.92 Å². The normalized spacial score (nSPS) is 11.4. The number of anilines is 2. The molecule has 0 saturated carbocycles. The van der Waals surface area contributed by atoms with Crippen molar-refractivity contribution in [1.82, 2.24) is 14.8 Å². The number of aromatic nitrogens is 3. The van der Waals surface area contributed by atoms with Crippen LogP contribution >= 0.6 is 0 Å². The summed E-state index contributed by atoms with van der Waals surface area (Å²) in [5, 5.41) is 16.8. The predicted molar refractivity (Wildman–Crippen MR) is 88.4 cm³/mol. The second-order valence-electron chi connectivity index (χ2n) is 5.45. The van der Waals surface area contributed by atoms with E-state index in [0.717, 1.165) is 5.69 Å². The van der Waals surface area contributed by atoms with Gasteiger partial charge in [0.1, 0.15) is 5.75 Å². The van der Waals surface area contributed by atoms with Gasteiger partial charge in [-0.3, -0.25) is 4.98 Å². The predicted octanol–water partition coefficient (Wildman–Crippen LogP) is 3.71. The summed E-state index contributed by atoms with van der Waals surface area (Å²) >= 11 is 0. The zero-order chi connectivity index (χ0) is 18.7. The van der Waals surface area contributed by atoms with E-state index in [1.165, 1.54) is 22.9 Å². The molecule has 0 saturated heterocycles. The topological polar surface area (TPSA) is 72.2 Å². The van der Waals surface area contributed by atoms with Crippen molar-refractivity contribution in [3.05, 3.63) is 60.0 Å². The number of nitrogens with zero attached hydrogens (tertiary/aromatic N) is 3. The maximum absolute atomic E-state index is 12.3. The van der Waals surface area contributed by atoms with Crippen LogP contribution in [0.25, 0.3) is 5.69 Å². The first kappa shape index (κ1) is 17.7. The molecule has 0 amide bonds. The second-order valence-corrected chi connectivity index (χ2v) is 5.45. The van der Waals surface area contributed by atoms with Crippen LogP contribution in [-0.2, 0) is 6.61 Å². The lowest BCUT2D eigenvalue weighted by Crippen LogP contribution is -2.17. The second kappa shape index (κ2) is 7.04. The minimum Gasteiger partial charge on any atom is -0.406 e. The van der Waals surface area contributed by atoms with Crippen LogP contribution in [0.4, 0.5) is 24.7 Å². The van der Waals surface area contributed by atoms with Gasteiger partial charge in [-0.05, 0) is 31.2 Å². The average molecular weight is 364 g/mol. The molecule has 0 unspecified atom stereocenters. The fourth-order valence-corrected chi connectivity index (χ4v) is 2.40. The molecular formula is C17H15F3N4O2. The van der Waals surface area contributed by atoms with E-state index in [4.69, 9.17) is 0 Å². The van der Waals surface area contributed by atoms with E-state index < -0.39 is 6.36 Å². The monoisotopic (exact) mass is 364 g/mol. The van der Waals surface area contributed by atoms with Gasteiger partial charge in [-0.25, -0.2) is 4.68 Å². The lowest BCUT2D eigenvalue weighted by Gasteiger charge is -2.10. The molecular weight excluding hydrogens is 349 g/mol. The zero-order valence-corrected chi connectivity index (χ0v) is 13.7. The largest absolute Gasteiger partial charge is 0.573 e. The van der Waals surface area contributed by atoms with Crippen molar-refractivity contribution in [1.29, 1.82) is 0 Å². The Hall–Kier alpha value is -3.07. The first-order valence-corrected chi connectivity index (χ1v) is 7.60. The van der Waals surface area contributed by atoms with E-state index in [1.54, 1.807) is 30.5 Å². The summed E-state index contributed by atoms with van der Waals surface area (Å²) in [6, 6.07) is 10.6. The van der Waals surface area contributed by atoms with Gasteiger partial charge in [0, 0.05) is 29.7 Å². The number of benzene rings is 1. The molecule has 2 N–H and O–H groups in total. The van der Waals surface area contributed by atoms with Gasteiger partial charge >= 0.3 is 6.36 Å². The van der Waals surface area contributed by atoms with Crippen molar-refractivity contribution >= 4 is 11.5 Å². The number of nitrogens with one attached hydrogen (secondary N) is 1. The van der Waals surface area contributed by atoms with Crippen molar-refractivity contribution in [2.75, 3.05) is 5.32 Å². The van der Waals surface area contributed by atoms with E-state index in [0.29, 0.717) is 22.9 Å². The van der Waals surface area contributed by atoms with E-state index in [9.17, 15) is 18.3 Å². The number of rotatable bonds is 5. The molecule has 0 aliphatic heterocycles. The van der Waals surface area contributed by atoms with Gasteiger partial charge in [0.05, 0.1) is 18.0 Å². The summed E-state index contributed by atoms with van der Waals surface area (Å²) in [5.74, 6) is 0.0294. The lowest BCUT2D eigenvalue weighted by atomic mass is 10.3. The van der Waals surface area contributed by atoms with Crippen LogP contribution in [0.3, 0.4) is 0 Å². The summed E-state index contributed by atoms with van der Waals surface area (Å²) in [6.45, 7) is 1.57. The van der Waals surface area contributed by atoms with Crippen LogP contribution in [0.15, 0.2) is 48.7 Å². The number of ether oxygens (including phenoxy) is 1. The van der Waals surface area contributed by atoms with Gasteiger partial charge in [-0.1, -0.05) is 6.07 Å². The van der Waals surface area contributed by atoms with Crippen LogP contribution in [0, 0.1) is 6.92 Å². The van der Waals surface area contributed by atoms with Crippen molar-refractivity contribution < 1.29 is 23.0 Å². The number of aryl methyl sites for hydroxylation is 1. The van der Waals surface area contributed by atoms with Gasteiger partial charge in [0.2, 0.25) is 0 Å². The average Bonchev–Trinajstić information content (AvgIpc) is 2.96. The Kier molecular flexibility index (Phi) is 4.81. The van der Waals surface area contributed by atoms with Crippen LogP contribution in [0.2, 0.25) is 0 Å². The smallest absolute Gasteiger partial charge is 0.406 e. The standard InChI is InChI=1S/C17H15F3N4O2/c1-11-7-13(5-6-21-11)24-14(10-25)9-16(23-24)22-12-3-2-4-15(8-12)26-17(18,19)20/h2-9,25H,10H2,1H3,(H,22,23). The molecule has 2 heterocycles. The molecule has 6 nitrogen and oxygen atoms in total. The summed E-state index contributed by atoms with van der Waals surface area (Å²) < 4.78 is 42.4. The van der Waals surface area contributed by atoms with Crippen molar-refractivity contribution in [2.45, 2.75) is 19.9 Å². The van der Waals surface area contributed by atoms with Crippen molar-refractivity contribution in [3.8, 4) is 11.4 Å². The van der Waals surface area contributed by atoms with Crippen LogP contribution in [-0.4, -0.2) is 26.2 Å². The number of hydrogen-bond donors (Lipinski definition) is 2. The zero-order valence-electron chi connectivity index (χ0n) is 13.7. The first-order valence-electron chi connectivity index (χ1n) is 7.60. The molecule has 0 aliphatic carbocycles. The van der Waals surface area contributed by atoms with E-state index in [-0.39, 0.29) is 12.4 Å². The molecule has 0 fully saturated rings. The maximum atomic E-state index is 12.3. The molecule has 1 aromatic carbocycles. The van der Waals surface area contributed by atoms with Gasteiger partial charge in [-0.2, -0.15) is 0 Å².